The molecule has 6 nitrogen and oxygen atoms in total. The Morgan fingerprint density at radius 3 is 2.75 bits per heavy atom. The van der Waals surface area contributed by atoms with Gasteiger partial charge in [-0.05, 0) is 44.7 Å². The number of hydrogen-bond acceptors (Lipinski definition) is 4. The van der Waals surface area contributed by atoms with Crippen LogP contribution in [0.25, 0.3) is 0 Å². The van der Waals surface area contributed by atoms with Crippen LogP contribution in [0, 0.1) is 12.3 Å². The second-order valence-corrected chi connectivity index (χ2v) is 7.84. The van der Waals surface area contributed by atoms with Crippen molar-refractivity contribution in [3.63, 3.8) is 0 Å². The number of nitrogens with zero attached hydrogens (tertiary/aromatic N) is 1. The minimum absolute atomic E-state index is 0.311. The van der Waals surface area contributed by atoms with Crippen LogP contribution in [0.1, 0.15) is 43.7 Å². The Bertz CT molecular complexity index is 673. The molecule has 2 atom stereocenters. The monoisotopic (exact) mass is 389 g/mol. The van der Waals surface area contributed by atoms with Gasteiger partial charge in [0.15, 0.2) is 5.96 Å². The van der Waals surface area contributed by atoms with Crippen molar-refractivity contribution >= 4 is 5.96 Å². The highest BCUT2D eigenvalue weighted by Crippen LogP contribution is 2.57. The number of methoxy groups -OCH3 is 1. The van der Waals surface area contributed by atoms with Crippen LogP contribution in [0.15, 0.2) is 23.2 Å². The molecule has 28 heavy (non-hydrogen) atoms. The van der Waals surface area contributed by atoms with Crippen molar-refractivity contribution in [1.82, 2.24) is 10.6 Å². The molecule has 0 saturated heterocycles. The maximum Gasteiger partial charge on any atom is 0.191 e. The highest BCUT2D eigenvalue weighted by molar-refractivity contribution is 5.80. The summed E-state index contributed by atoms with van der Waals surface area (Å²) < 4.78 is 16.9. The van der Waals surface area contributed by atoms with E-state index in [4.69, 9.17) is 14.2 Å². The van der Waals surface area contributed by atoms with Gasteiger partial charge in [-0.1, -0.05) is 18.6 Å². The highest BCUT2D eigenvalue weighted by atomic mass is 16.5. The van der Waals surface area contributed by atoms with Crippen LogP contribution < -0.4 is 15.4 Å². The van der Waals surface area contributed by atoms with Crippen LogP contribution in [-0.4, -0.2) is 52.1 Å². The quantitative estimate of drug-likeness (QED) is 0.386. The molecule has 0 radical (unpaired) electrons. The first kappa shape index (κ1) is 20.9. The first-order valence-electron chi connectivity index (χ1n) is 10.4. The number of rotatable bonds is 9. The lowest BCUT2D eigenvalue weighted by Gasteiger charge is -2.61. The van der Waals surface area contributed by atoms with Gasteiger partial charge in [0.1, 0.15) is 12.4 Å². The standard InChI is InChI=1S/C22H35N3O3/c1-5-27-20-14-19(22(20)9-6-10-22)25-21(23-3)24-15-17-8-7-16(2)13-18(17)28-12-11-26-4/h7-8,13,19-20H,5-6,9-12,14-15H2,1-4H3,(H2,23,24,25). The zero-order valence-electron chi connectivity index (χ0n) is 17.7. The van der Waals surface area contributed by atoms with Crippen molar-refractivity contribution < 1.29 is 14.2 Å². The fourth-order valence-electron chi connectivity index (χ4n) is 4.36. The molecule has 2 N–H and O–H groups in total. The average molecular weight is 390 g/mol. The van der Waals surface area contributed by atoms with Gasteiger partial charge in [-0.25, -0.2) is 0 Å². The number of aryl methyl sites for hydroxylation is 1. The predicted octanol–water partition coefficient (Wildman–Crippen LogP) is 3.03. The van der Waals surface area contributed by atoms with E-state index >= 15 is 0 Å². The summed E-state index contributed by atoms with van der Waals surface area (Å²) in [6, 6.07) is 6.74. The Labute approximate surface area is 169 Å². The van der Waals surface area contributed by atoms with Crippen LogP contribution in [0.2, 0.25) is 0 Å². The molecule has 0 amide bonds. The van der Waals surface area contributed by atoms with E-state index in [2.05, 4.69) is 47.7 Å². The summed E-state index contributed by atoms with van der Waals surface area (Å²) in [5.74, 6) is 1.74. The molecular weight excluding hydrogens is 354 g/mol. The minimum Gasteiger partial charge on any atom is -0.491 e. The molecule has 1 aromatic rings. The van der Waals surface area contributed by atoms with E-state index in [-0.39, 0.29) is 0 Å². The van der Waals surface area contributed by atoms with E-state index in [1.165, 1.54) is 24.8 Å². The zero-order chi connectivity index (χ0) is 20.0. The molecule has 2 aliphatic carbocycles. The van der Waals surface area contributed by atoms with Gasteiger partial charge < -0.3 is 24.8 Å². The van der Waals surface area contributed by atoms with E-state index < -0.39 is 0 Å². The van der Waals surface area contributed by atoms with Crippen molar-refractivity contribution in [2.75, 3.05) is 34.0 Å². The third-order valence-corrected chi connectivity index (χ3v) is 6.19. The van der Waals surface area contributed by atoms with E-state index in [0.29, 0.717) is 37.3 Å². The zero-order valence-corrected chi connectivity index (χ0v) is 17.7. The van der Waals surface area contributed by atoms with E-state index in [1.807, 2.05) is 7.05 Å². The van der Waals surface area contributed by atoms with Gasteiger partial charge in [0.05, 0.1) is 12.7 Å². The smallest absolute Gasteiger partial charge is 0.191 e. The fourth-order valence-corrected chi connectivity index (χ4v) is 4.36. The van der Waals surface area contributed by atoms with Crippen molar-refractivity contribution in [2.45, 2.75) is 58.2 Å². The Morgan fingerprint density at radius 2 is 2.11 bits per heavy atom. The first-order valence-corrected chi connectivity index (χ1v) is 10.4. The molecule has 6 heteroatoms. The molecule has 2 fully saturated rings. The largest absolute Gasteiger partial charge is 0.491 e. The molecule has 1 spiro atoms. The summed E-state index contributed by atoms with van der Waals surface area (Å²) in [5, 5.41) is 7.09. The summed E-state index contributed by atoms with van der Waals surface area (Å²) in [7, 11) is 3.51. The molecule has 2 unspecified atom stereocenters. The lowest BCUT2D eigenvalue weighted by Crippen LogP contribution is -2.68. The average Bonchev–Trinajstić information content (AvgIpc) is 2.63. The highest BCUT2D eigenvalue weighted by Gasteiger charge is 2.59. The molecule has 2 saturated carbocycles. The van der Waals surface area contributed by atoms with E-state index in [9.17, 15) is 0 Å². The molecule has 2 aliphatic rings. The van der Waals surface area contributed by atoms with Crippen LogP contribution in [-0.2, 0) is 16.0 Å². The minimum atomic E-state index is 0.311. The van der Waals surface area contributed by atoms with Crippen molar-refractivity contribution in [2.24, 2.45) is 10.4 Å². The number of ether oxygens (including phenoxy) is 3. The van der Waals surface area contributed by atoms with Crippen LogP contribution in [0.4, 0.5) is 0 Å². The number of aliphatic imine (C=N–C) groups is 1. The van der Waals surface area contributed by atoms with Crippen molar-refractivity contribution in [3.8, 4) is 5.75 Å². The first-order chi connectivity index (χ1) is 13.6. The number of hydrogen-bond donors (Lipinski definition) is 2. The third kappa shape index (κ3) is 4.44. The Morgan fingerprint density at radius 1 is 1.29 bits per heavy atom. The lowest BCUT2D eigenvalue weighted by atomic mass is 9.51. The molecule has 0 bridgehead atoms. The summed E-state index contributed by atoms with van der Waals surface area (Å²) in [5.41, 5.74) is 2.61. The number of guanidine groups is 1. The fraction of sp³-hybridized carbons (Fsp3) is 0.682. The summed E-state index contributed by atoms with van der Waals surface area (Å²) in [6.45, 7) is 6.74. The second kappa shape index (κ2) is 9.61. The van der Waals surface area contributed by atoms with Gasteiger partial charge >= 0.3 is 0 Å². The summed E-state index contributed by atoms with van der Waals surface area (Å²) in [6.07, 6.45) is 5.27. The Hall–Kier alpha value is -1.79. The molecule has 0 heterocycles. The van der Waals surface area contributed by atoms with Gasteiger partial charge in [0, 0.05) is 44.3 Å². The molecule has 0 aromatic heterocycles. The molecule has 156 valence electrons. The van der Waals surface area contributed by atoms with Crippen molar-refractivity contribution in [1.29, 1.82) is 0 Å². The maximum atomic E-state index is 5.96. The Kier molecular flexibility index (Phi) is 7.18. The SMILES string of the molecule is CCOC1CC(NC(=NC)NCc2ccc(C)cc2OCCOC)C12CCC2. The normalized spacial score (nSPS) is 23.1. The van der Waals surface area contributed by atoms with Gasteiger partial charge in [0.25, 0.3) is 0 Å². The Balaban J connectivity index is 1.56. The molecular formula is C22H35N3O3. The third-order valence-electron chi connectivity index (χ3n) is 6.19. The molecule has 3 rings (SSSR count). The summed E-state index contributed by atoms with van der Waals surface area (Å²) in [4.78, 5) is 4.44. The molecule has 0 aliphatic heterocycles. The van der Waals surface area contributed by atoms with Crippen LogP contribution in [0.3, 0.4) is 0 Å². The topological polar surface area (TPSA) is 64.1 Å². The van der Waals surface area contributed by atoms with Gasteiger partial charge in [-0.15, -0.1) is 0 Å². The van der Waals surface area contributed by atoms with E-state index in [0.717, 1.165) is 30.3 Å². The summed E-state index contributed by atoms with van der Waals surface area (Å²) >= 11 is 0. The van der Waals surface area contributed by atoms with Gasteiger partial charge in [0.2, 0.25) is 0 Å². The van der Waals surface area contributed by atoms with E-state index in [1.54, 1.807) is 7.11 Å². The van der Waals surface area contributed by atoms with Gasteiger partial charge in [-0.2, -0.15) is 0 Å². The van der Waals surface area contributed by atoms with Crippen LogP contribution >= 0.6 is 0 Å². The van der Waals surface area contributed by atoms with Crippen LogP contribution in [0.5, 0.6) is 5.75 Å². The van der Waals surface area contributed by atoms with Gasteiger partial charge in [-0.3, -0.25) is 4.99 Å². The second-order valence-electron chi connectivity index (χ2n) is 7.84. The molecule has 1 aromatic carbocycles. The predicted molar refractivity (Wildman–Crippen MR) is 112 cm³/mol. The maximum absolute atomic E-state index is 5.96. The number of benzene rings is 1. The van der Waals surface area contributed by atoms with Crippen molar-refractivity contribution in [3.05, 3.63) is 29.3 Å². The lowest BCUT2D eigenvalue weighted by molar-refractivity contribution is -0.168. The number of nitrogens with one attached hydrogen (secondary N) is 2.